The average molecular weight is 307 g/mol. The summed E-state index contributed by atoms with van der Waals surface area (Å²) in [6.07, 6.45) is 1.50. The molecule has 1 amide bonds. The van der Waals surface area contributed by atoms with Gasteiger partial charge in [0, 0.05) is 17.0 Å². The summed E-state index contributed by atoms with van der Waals surface area (Å²) in [4.78, 5) is 20.5. The van der Waals surface area contributed by atoms with Crippen molar-refractivity contribution >= 4 is 17.2 Å². The summed E-state index contributed by atoms with van der Waals surface area (Å²) in [5, 5.41) is 5.33. The summed E-state index contributed by atoms with van der Waals surface area (Å²) in [5.74, 6) is -0.752. The molecule has 0 aromatic carbocycles. The van der Waals surface area contributed by atoms with E-state index in [1.807, 2.05) is 20.8 Å². The number of aromatic nitrogens is 2. The monoisotopic (exact) mass is 307 g/mol. The molecule has 0 saturated heterocycles. The number of nitrogens with one attached hydrogen (secondary N) is 1. The summed E-state index contributed by atoms with van der Waals surface area (Å²) in [5.41, 5.74) is 0.479. The topological polar surface area (TPSA) is 54.9 Å². The number of halogens is 1. The molecule has 0 aliphatic rings. The highest BCUT2D eigenvalue weighted by atomic mass is 32.1. The van der Waals surface area contributed by atoms with Gasteiger partial charge in [-0.1, -0.05) is 20.8 Å². The van der Waals surface area contributed by atoms with Crippen molar-refractivity contribution in [1.29, 1.82) is 0 Å². The van der Waals surface area contributed by atoms with E-state index in [1.165, 1.54) is 29.7 Å². The van der Waals surface area contributed by atoms with Crippen molar-refractivity contribution in [2.24, 2.45) is 0 Å². The van der Waals surface area contributed by atoms with Gasteiger partial charge in [-0.3, -0.25) is 9.78 Å². The number of carbonyl (C=O) groups excluding carboxylic acids is 1. The summed E-state index contributed by atoms with van der Waals surface area (Å²) >= 11 is 1.45. The van der Waals surface area contributed by atoms with E-state index < -0.39 is 11.9 Å². The van der Waals surface area contributed by atoms with E-state index >= 15 is 0 Å². The number of carbonyl (C=O) groups is 1. The number of hydrogen-bond acceptors (Lipinski definition) is 4. The summed E-state index contributed by atoms with van der Waals surface area (Å²) in [7, 11) is 0. The molecule has 2 heterocycles. The molecule has 0 unspecified atom stereocenters. The highest BCUT2D eigenvalue weighted by Gasteiger charge is 2.22. The molecular formula is C15H18FN3OS. The Bertz CT molecular complexity index is 648. The normalized spacial score (nSPS) is 13.0. The number of thiazole rings is 1. The highest BCUT2D eigenvalue weighted by Crippen LogP contribution is 2.25. The Labute approximate surface area is 127 Å². The minimum Gasteiger partial charge on any atom is -0.342 e. The van der Waals surface area contributed by atoms with Crippen LogP contribution in [0.25, 0.3) is 0 Å². The zero-order chi connectivity index (χ0) is 15.6. The van der Waals surface area contributed by atoms with E-state index in [0.717, 1.165) is 5.01 Å². The van der Waals surface area contributed by atoms with Crippen molar-refractivity contribution in [1.82, 2.24) is 15.3 Å². The molecule has 2 aromatic heterocycles. The van der Waals surface area contributed by atoms with Gasteiger partial charge in [-0.25, -0.2) is 9.37 Å². The molecule has 0 radical (unpaired) electrons. The molecule has 0 bridgehead atoms. The third-order valence-corrected chi connectivity index (χ3v) is 4.19. The van der Waals surface area contributed by atoms with Crippen LogP contribution in [-0.2, 0) is 5.41 Å². The number of nitrogens with zero attached hydrogens (tertiary/aromatic N) is 2. The number of amides is 1. The molecule has 112 valence electrons. The maximum absolute atomic E-state index is 13.6. The van der Waals surface area contributed by atoms with Crippen LogP contribution in [0.1, 0.15) is 54.9 Å². The van der Waals surface area contributed by atoms with Crippen molar-refractivity contribution < 1.29 is 9.18 Å². The van der Waals surface area contributed by atoms with Gasteiger partial charge in [-0.2, -0.15) is 0 Å². The Hall–Kier alpha value is -1.82. The van der Waals surface area contributed by atoms with Crippen molar-refractivity contribution in [3.05, 3.63) is 45.9 Å². The van der Waals surface area contributed by atoms with Crippen molar-refractivity contribution in [2.75, 3.05) is 0 Å². The molecule has 2 rings (SSSR count). The van der Waals surface area contributed by atoms with E-state index in [-0.39, 0.29) is 17.0 Å². The Balaban J connectivity index is 2.11. The molecule has 1 N–H and O–H groups in total. The van der Waals surface area contributed by atoms with Crippen LogP contribution in [0.2, 0.25) is 0 Å². The second kappa shape index (κ2) is 5.89. The van der Waals surface area contributed by atoms with E-state index in [2.05, 4.69) is 15.3 Å². The molecule has 21 heavy (non-hydrogen) atoms. The first kappa shape index (κ1) is 15.6. The van der Waals surface area contributed by atoms with E-state index in [0.29, 0.717) is 5.69 Å². The smallest absolute Gasteiger partial charge is 0.271 e. The maximum atomic E-state index is 13.6. The molecule has 0 spiro atoms. The first-order chi connectivity index (χ1) is 9.79. The lowest BCUT2D eigenvalue weighted by Gasteiger charge is -2.14. The number of pyridine rings is 1. The maximum Gasteiger partial charge on any atom is 0.271 e. The molecule has 2 aromatic rings. The fourth-order valence-corrected chi connectivity index (χ4v) is 2.67. The van der Waals surface area contributed by atoms with Gasteiger partial charge in [-0.05, 0) is 19.1 Å². The van der Waals surface area contributed by atoms with Gasteiger partial charge < -0.3 is 5.32 Å². The average Bonchev–Trinajstić information content (AvgIpc) is 2.88. The van der Waals surface area contributed by atoms with Gasteiger partial charge in [0.15, 0.2) is 0 Å². The van der Waals surface area contributed by atoms with Crippen LogP contribution in [0.3, 0.4) is 0 Å². The summed E-state index contributed by atoms with van der Waals surface area (Å²) in [6.45, 7) is 7.82. The molecular weight excluding hydrogens is 289 g/mol. The number of hydrogen-bond donors (Lipinski definition) is 1. The van der Waals surface area contributed by atoms with Gasteiger partial charge in [0.2, 0.25) is 0 Å². The number of rotatable bonds is 3. The van der Waals surface area contributed by atoms with E-state index in [9.17, 15) is 9.18 Å². The van der Waals surface area contributed by atoms with Crippen molar-refractivity contribution in [3.63, 3.8) is 0 Å². The molecule has 1 atom stereocenters. The predicted molar refractivity (Wildman–Crippen MR) is 80.9 cm³/mol. The SMILES string of the molecule is C[C@@H](NC(=O)c1csc(C(C)(C)C)n1)c1ncccc1F. The second-order valence-corrected chi connectivity index (χ2v) is 6.71. The van der Waals surface area contributed by atoms with E-state index in [1.54, 1.807) is 12.3 Å². The van der Waals surface area contributed by atoms with Gasteiger partial charge in [0.1, 0.15) is 11.5 Å². The lowest BCUT2D eigenvalue weighted by molar-refractivity contribution is 0.0934. The molecule has 0 saturated carbocycles. The van der Waals surface area contributed by atoms with Crippen LogP contribution in [-0.4, -0.2) is 15.9 Å². The lowest BCUT2D eigenvalue weighted by Crippen LogP contribution is -2.28. The van der Waals surface area contributed by atoms with Crippen molar-refractivity contribution in [3.8, 4) is 0 Å². The minimum atomic E-state index is -0.515. The third-order valence-electron chi connectivity index (χ3n) is 2.92. The van der Waals surface area contributed by atoms with Gasteiger partial charge in [0.05, 0.1) is 16.7 Å². The van der Waals surface area contributed by atoms with Crippen LogP contribution in [0, 0.1) is 5.82 Å². The Kier molecular flexibility index (Phi) is 4.37. The molecule has 0 aliphatic carbocycles. The van der Waals surface area contributed by atoms with Gasteiger partial charge in [0.25, 0.3) is 5.91 Å². The first-order valence-electron chi connectivity index (χ1n) is 6.66. The quantitative estimate of drug-likeness (QED) is 0.944. The Morgan fingerprint density at radius 2 is 2.14 bits per heavy atom. The van der Waals surface area contributed by atoms with Crippen LogP contribution in [0.15, 0.2) is 23.7 Å². The summed E-state index contributed by atoms with van der Waals surface area (Å²) in [6, 6.07) is 2.33. The van der Waals surface area contributed by atoms with E-state index in [4.69, 9.17) is 0 Å². The fourth-order valence-electron chi connectivity index (χ4n) is 1.78. The highest BCUT2D eigenvalue weighted by molar-refractivity contribution is 7.10. The van der Waals surface area contributed by atoms with Crippen LogP contribution in [0.4, 0.5) is 4.39 Å². The minimum absolute atomic E-state index is 0.0953. The Morgan fingerprint density at radius 1 is 1.43 bits per heavy atom. The summed E-state index contributed by atoms with van der Waals surface area (Å²) < 4.78 is 13.6. The zero-order valence-corrected chi connectivity index (χ0v) is 13.3. The van der Waals surface area contributed by atoms with Crippen LogP contribution in [0.5, 0.6) is 0 Å². The zero-order valence-electron chi connectivity index (χ0n) is 12.5. The van der Waals surface area contributed by atoms with Gasteiger partial charge in [-0.15, -0.1) is 11.3 Å². The second-order valence-electron chi connectivity index (χ2n) is 5.85. The van der Waals surface area contributed by atoms with Gasteiger partial charge >= 0.3 is 0 Å². The van der Waals surface area contributed by atoms with Crippen molar-refractivity contribution in [2.45, 2.75) is 39.2 Å². The van der Waals surface area contributed by atoms with Crippen LogP contribution >= 0.6 is 11.3 Å². The predicted octanol–water partition coefficient (Wildman–Crippen LogP) is 3.47. The first-order valence-corrected chi connectivity index (χ1v) is 7.54. The molecule has 0 fully saturated rings. The molecule has 6 heteroatoms. The molecule has 4 nitrogen and oxygen atoms in total. The van der Waals surface area contributed by atoms with Crippen LogP contribution < -0.4 is 5.32 Å². The third kappa shape index (κ3) is 3.64. The largest absolute Gasteiger partial charge is 0.342 e. The lowest BCUT2D eigenvalue weighted by atomic mass is 9.98. The fraction of sp³-hybridized carbons (Fsp3) is 0.400. The standard InChI is InChI=1S/C15H18FN3OS/c1-9(12-10(16)6-5-7-17-12)18-13(20)11-8-21-14(19-11)15(2,3)4/h5-9H,1-4H3,(H,18,20)/t9-/m1/s1. The molecule has 0 aliphatic heterocycles. The Morgan fingerprint density at radius 3 is 2.71 bits per heavy atom.